The van der Waals surface area contributed by atoms with E-state index in [9.17, 15) is 0 Å². The quantitative estimate of drug-likeness (QED) is 0.249. The lowest BCUT2D eigenvalue weighted by Gasteiger charge is -2.11. The molecule has 0 radical (unpaired) electrons. The van der Waals surface area contributed by atoms with E-state index in [2.05, 4.69) is 41.5 Å². The minimum Gasteiger partial charge on any atom is -0.475 e. The fraction of sp³-hybridized carbons (Fsp3) is 0.333. The Labute approximate surface area is 263 Å². The van der Waals surface area contributed by atoms with Crippen molar-refractivity contribution in [2.24, 2.45) is 15.0 Å². The Bertz CT molecular complexity index is 1680. The van der Waals surface area contributed by atoms with E-state index in [0.717, 1.165) is 33.4 Å². The summed E-state index contributed by atoms with van der Waals surface area (Å²) in [6.07, 6.45) is 0. The summed E-state index contributed by atoms with van der Waals surface area (Å²) in [5, 5.41) is 0. The standard InChI is InChI=1S/C36H36N6O3/c1-34(2)19-43-31(40-34)25-13-7-10-22(16-25)28-37-29(23-11-8-14-26(17-23)32-41-35(3,4)20-44-32)39-30(38-28)24-12-9-15-27(18-24)33-42-36(5,6)21-45-33/h7-18H,19-21H2,1-6H3. The molecule has 0 saturated heterocycles. The molecule has 45 heavy (non-hydrogen) atoms. The van der Waals surface area contributed by atoms with E-state index in [-0.39, 0.29) is 16.6 Å². The number of hydrogen-bond acceptors (Lipinski definition) is 9. The predicted octanol–water partition coefficient (Wildman–Crippen LogP) is 6.54. The molecule has 7 rings (SSSR count). The fourth-order valence-corrected chi connectivity index (χ4v) is 5.33. The van der Waals surface area contributed by atoms with Crippen LogP contribution in [-0.4, -0.2) is 69.1 Å². The minimum absolute atomic E-state index is 0.264. The Morgan fingerprint density at radius 3 is 0.933 bits per heavy atom. The van der Waals surface area contributed by atoms with E-state index in [1.807, 2.05) is 72.8 Å². The molecule has 0 bridgehead atoms. The Hall–Kier alpha value is -4.92. The summed E-state index contributed by atoms with van der Waals surface area (Å²) in [6, 6.07) is 23.9. The Kier molecular flexibility index (Phi) is 6.80. The second kappa shape index (κ2) is 10.6. The number of benzene rings is 3. The van der Waals surface area contributed by atoms with Gasteiger partial charge >= 0.3 is 0 Å². The highest BCUT2D eigenvalue weighted by atomic mass is 16.5. The summed E-state index contributed by atoms with van der Waals surface area (Å²) in [4.78, 5) is 29.2. The molecular weight excluding hydrogens is 564 g/mol. The molecule has 0 spiro atoms. The van der Waals surface area contributed by atoms with Gasteiger partial charge in [0.1, 0.15) is 19.8 Å². The van der Waals surface area contributed by atoms with Crippen molar-refractivity contribution < 1.29 is 14.2 Å². The zero-order chi connectivity index (χ0) is 31.4. The zero-order valence-electron chi connectivity index (χ0n) is 26.5. The van der Waals surface area contributed by atoms with Gasteiger partial charge in [-0.05, 0) is 77.9 Å². The molecule has 0 N–H and O–H groups in total. The minimum atomic E-state index is -0.264. The third-order valence-electron chi connectivity index (χ3n) is 7.64. The van der Waals surface area contributed by atoms with E-state index >= 15 is 0 Å². The van der Waals surface area contributed by atoms with Crippen molar-refractivity contribution in [3.05, 3.63) is 89.5 Å². The largest absolute Gasteiger partial charge is 0.475 e. The number of ether oxygens (including phenoxy) is 3. The van der Waals surface area contributed by atoms with Gasteiger partial charge in [-0.1, -0.05) is 36.4 Å². The molecule has 3 aromatic carbocycles. The first kappa shape index (κ1) is 28.8. The Balaban J connectivity index is 1.34. The van der Waals surface area contributed by atoms with Gasteiger partial charge in [0.2, 0.25) is 17.7 Å². The second-order valence-corrected chi connectivity index (χ2v) is 13.6. The first-order valence-electron chi connectivity index (χ1n) is 15.2. The SMILES string of the molecule is CC1(C)COC(c2cccc(-c3nc(-c4cccc(C5=NC(C)(C)CO5)c4)nc(-c4cccc(C5=NC(C)(C)CO5)c4)n3)c2)=N1. The van der Waals surface area contributed by atoms with Crippen molar-refractivity contribution in [1.29, 1.82) is 0 Å². The van der Waals surface area contributed by atoms with Crippen LogP contribution in [-0.2, 0) is 14.2 Å². The summed E-state index contributed by atoms with van der Waals surface area (Å²) in [7, 11) is 0. The summed E-state index contributed by atoms with van der Waals surface area (Å²) in [5.74, 6) is 3.48. The van der Waals surface area contributed by atoms with E-state index in [0.29, 0.717) is 55.0 Å². The van der Waals surface area contributed by atoms with Crippen LogP contribution in [0.15, 0.2) is 87.8 Å². The summed E-state index contributed by atoms with van der Waals surface area (Å²) < 4.78 is 17.8. The van der Waals surface area contributed by atoms with Crippen LogP contribution in [0.1, 0.15) is 58.2 Å². The van der Waals surface area contributed by atoms with E-state index in [1.165, 1.54) is 0 Å². The molecule has 228 valence electrons. The van der Waals surface area contributed by atoms with Crippen LogP contribution in [0, 0.1) is 0 Å². The summed E-state index contributed by atoms with van der Waals surface area (Å²) >= 11 is 0. The van der Waals surface area contributed by atoms with Gasteiger partial charge in [-0.3, -0.25) is 0 Å². The van der Waals surface area contributed by atoms with Gasteiger partial charge in [-0.15, -0.1) is 0 Å². The highest BCUT2D eigenvalue weighted by Gasteiger charge is 2.29. The smallest absolute Gasteiger partial charge is 0.216 e. The van der Waals surface area contributed by atoms with Crippen molar-refractivity contribution in [1.82, 2.24) is 15.0 Å². The number of aromatic nitrogens is 3. The van der Waals surface area contributed by atoms with Crippen molar-refractivity contribution in [2.45, 2.75) is 58.2 Å². The van der Waals surface area contributed by atoms with Gasteiger partial charge in [0, 0.05) is 33.4 Å². The molecule has 1 aromatic heterocycles. The van der Waals surface area contributed by atoms with Gasteiger partial charge in [-0.2, -0.15) is 0 Å². The van der Waals surface area contributed by atoms with Crippen molar-refractivity contribution >= 4 is 17.7 Å². The van der Waals surface area contributed by atoms with Crippen LogP contribution < -0.4 is 0 Å². The summed E-state index contributed by atoms with van der Waals surface area (Å²) in [5.41, 5.74) is 4.33. The van der Waals surface area contributed by atoms with Gasteiger partial charge in [0.25, 0.3) is 0 Å². The van der Waals surface area contributed by atoms with Crippen LogP contribution >= 0.6 is 0 Å². The topological polar surface area (TPSA) is 103 Å². The predicted molar refractivity (Wildman–Crippen MR) is 176 cm³/mol. The Morgan fingerprint density at radius 2 is 0.689 bits per heavy atom. The zero-order valence-corrected chi connectivity index (χ0v) is 26.5. The van der Waals surface area contributed by atoms with Gasteiger partial charge in [-0.25, -0.2) is 29.9 Å². The van der Waals surface area contributed by atoms with Crippen molar-refractivity contribution in [3.8, 4) is 34.2 Å². The molecule has 0 atom stereocenters. The molecular formula is C36H36N6O3. The molecule has 3 aliphatic heterocycles. The molecule has 9 heteroatoms. The molecule has 0 fully saturated rings. The van der Waals surface area contributed by atoms with Crippen LogP contribution in [0.3, 0.4) is 0 Å². The van der Waals surface area contributed by atoms with Crippen molar-refractivity contribution in [3.63, 3.8) is 0 Å². The number of aliphatic imine (C=N–C) groups is 3. The Morgan fingerprint density at radius 1 is 0.422 bits per heavy atom. The molecule has 9 nitrogen and oxygen atoms in total. The maximum atomic E-state index is 5.94. The van der Waals surface area contributed by atoms with Crippen LogP contribution in [0.2, 0.25) is 0 Å². The molecule has 0 aliphatic carbocycles. The maximum Gasteiger partial charge on any atom is 0.216 e. The molecule has 0 amide bonds. The van der Waals surface area contributed by atoms with E-state index in [1.54, 1.807) is 0 Å². The van der Waals surface area contributed by atoms with Crippen LogP contribution in [0.25, 0.3) is 34.2 Å². The number of hydrogen-bond donors (Lipinski definition) is 0. The van der Waals surface area contributed by atoms with Gasteiger partial charge in [0.05, 0.1) is 16.6 Å². The van der Waals surface area contributed by atoms with E-state index < -0.39 is 0 Å². The molecule has 4 heterocycles. The third kappa shape index (κ3) is 6.07. The lowest BCUT2D eigenvalue weighted by Crippen LogP contribution is -2.17. The first-order valence-corrected chi connectivity index (χ1v) is 15.2. The lowest BCUT2D eigenvalue weighted by molar-refractivity contribution is 0.279. The number of rotatable bonds is 6. The molecule has 0 unspecified atom stereocenters. The fourth-order valence-electron chi connectivity index (χ4n) is 5.33. The highest BCUT2D eigenvalue weighted by molar-refractivity contribution is 5.98. The second-order valence-electron chi connectivity index (χ2n) is 13.6. The lowest BCUT2D eigenvalue weighted by atomic mass is 10.1. The van der Waals surface area contributed by atoms with E-state index in [4.69, 9.17) is 44.1 Å². The average Bonchev–Trinajstić information content (AvgIpc) is 3.71. The number of nitrogens with zero attached hydrogens (tertiary/aromatic N) is 6. The molecule has 3 aliphatic rings. The third-order valence-corrected chi connectivity index (χ3v) is 7.64. The average molecular weight is 601 g/mol. The molecule has 4 aromatic rings. The van der Waals surface area contributed by atoms with Gasteiger partial charge < -0.3 is 14.2 Å². The first-order chi connectivity index (χ1) is 21.4. The summed E-state index contributed by atoms with van der Waals surface area (Å²) in [6.45, 7) is 14.0. The van der Waals surface area contributed by atoms with Crippen molar-refractivity contribution in [2.75, 3.05) is 19.8 Å². The van der Waals surface area contributed by atoms with Crippen LogP contribution in [0.5, 0.6) is 0 Å². The maximum absolute atomic E-state index is 5.94. The normalized spacial score (nSPS) is 19.2. The van der Waals surface area contributed by atoms with Gasteiger partial charge in [0.15, 0.2) is 17.5 Å². The molecule has 0 saturated carbocycles. The highest BCUT2D eigenvalue weighted by Crippen LogP contribution is 2.30. The van der Waals surface area contributed by atoms with Crippen LogP contribution in [0.4, 0.5) is 0 Å². The monoisotopic (exact) mass is 600 g/mol.